The van der Waals surface area contributed by atoms with E-state index in [2.05, 4.69) is 37.5 Å². The van der Waals surface area contributed by atoms with Crippen molar-refractivity contribution in [3.63, 3.8) is 0 Å². The molecule has 1 rings (SSSR count). The highest BCUT2D eigenvalue weighted by Gasteiger charge is 2.01. The first-order chi connectivity index (χ1) is 7.24. The molecule has 0 spiro atoms. The van der Waals surface area contributed by atoms with Crippen LogP contribution in [0.3, 0.4) is 0 Å². The standard InChI is InChI=1S/C13H23NS/c1-4-5-11(2)10-14-8-6-13-12(3)7-9-15-13/h7,9,11,14H,4-6,8,10H2,1-3H3. The van der Waals surface area contributed by atoms with Gasteiger partial charge in [-0.25, -0.2) is 0 Å². The predicted molar refractivity (Wildman–Crippen MR) is 69.7 cm³/mol. The maximum atomic E-state index is 3.54. The summed E-state index contributed by atoms with van der Waals surface area (Å²) in [7, 11) is 0. The molecule has 0 saturated heterocycles. The molecule has 15 heavy (non-hydrogen) atoms. The molecule has 0 bridgehead atoms. The fourth-order valence-electron chi connectivity index (χ4n) is 1.81. The van der Waals surface area contributed by atoms with Crippen LogP contribution in [-0.4, -0.2) is 13.1 Å². The third-order valence-corrected chi connectivity index (χ3v) is 3.85. The van der Waals surface area contributed by atoms with Crippen LogP contribution in [0.4, 0.5) is 0 Å². The molecule has 0 aliphatic carbocycles. The molecule has 1 heterocycles. The molecule has 0 aliphatic rings. The van der Waals surface area contributed by atoms with Crippen LogP contribution in [0.5, 0.6) is 0 Å². The number of hydrogen-bond acceptors (Lipinski definition) is 2. The van der Waals surface area contributed by atoms with Crippen LogP contribution in [0.2, 0.25) is 0 Å². The van der Waals surface area contributed by atoms with Crippen molar-refractivity contribution < 1.29 is 0 Å². The van der Waals surface area contributed by atoms with Gasteiger partial charge in [-0.3, -0.25) is 0 Å². The van der Waals surface area contributed by atoms with Crippen LogP contribution in [0.25, 0.3) is 0 Å². The quantitative estimate of drug-likeness (QED) is 0.699. The molecule has 0 amide bonds. The first-order valence-corrected chi connectivity index (χ1v) is 6.85. The van der Waals surface area contributed by atoms with Crippen molar-refractivity contribution >= 4 is 11.3 Å². The highest BCUT2D eigenvalue weighted by molar-refractivity contribution is 7.10. The van der Waals surface area contributed by atoms with Crippen LogP contribution in [0.15, 0.2) is 11.4 Å². The van der Waals surface area contributed by atoms with Crippen molar-refractivity contribution in [1.29, 1.82) is 0 Å². The van der Waals surface area contributed by atoms with Crippen LogP contribution < -0.4 is 5.32 Å². The lowest BCUT2D eigenvalue weighted by Gasteiger charge is -2.10. The molecule has 1 unspecified atom stereocenters. The first-order valence-electron chi connectivity index (χ1n) is 5.97. The van der Waals surface area contributed by atoms with E-state index in [1.807, 2.05) is 11.3 Å². The van der Waals surface area contributed by atoms with Crippen molar-refractivity contribution in [1.82, 2.24) is 5.32 Å². The topological polar surface area (TPSA) is 12.0 Å². The molecule has 0 fully saturated rings. The summed E-state index contributed by atoms with van der Waals surface area (Å²) < 4.78 is 0. The number of nitrogens with one attached hydrogen (secondary N) is 1. The molecular formula is C13H23NS. The Morgan fingerprint density at radius 2 is 2.27 bits per heavy atom. The highest BCUT2D eigenvalue weighted by atomic mass is 32.1. The number of rotatable bonds is 7. The molecular weight excluding hydrogens is 202 g/mol. The zero-order valence-electron chi connectivity index (χ0n) is 10.2. The van der Waals surface area contributed by atoms with E-state index in [9.17, 15) is 0 Å². The second kappa shape index (κ2) is 7.02. The van der Waals surface area contributed by atoms with Gasteiger partial charge in [-0.15, -0.1) is 11.3 Å². The second-order valence-corrected chi connectivity index (χ2v) is 5.38. The summed E-state index contributed by atoms with van der Waals surface area (Å²) in [5, 5.41) is 5.73. The molecule has 1 atom stereocenters. The van der Waals surface area contributed by atoms with Crippen molar-refractivity contribution in [2.45, 2.75) is 40.0 Å². The van der Waals surface area contributed by atoms with Crippen LogP contribution in [0.1, 0.15) is 37.1 Å². The van der Waals surface area contributed by atoms with Gasteiger partial charge in [-0.1, -0.05) is 20.3 Å². The van der Waals surface area contributed by atoms with Gasteiger partial charge in [0.2, 0.25) is 0 Å². The zero-order valence-corrected chi connectivity index (χ0v) is 11.0. The van der Waals surface area contributed by atoms with E-state index in [-0.39, 0.29) is 0 Å². The molecule has 0 aliphatic heterocycles. The smallest absolute Gasteiger partial charge is 0.00870 e. The van der Waals surface area contributed by atoms with Gasteiger partial charge in [0.1, 0.15) is 0 Å². The number of hydrogen-bond donors (Lipinski definition) is 1. The Kier molecular flexibility index (Phi) is 5.96. The zero-order chi connectivity index (χ0) is 11.1. The van der Waals surface area contributed by atoms with E-state index in [1.165, 1.54) is 29.7 Å². The largest absolute Gasteiger partial charge is 0.316 e. The van der Waals surface area contributed by atoms with Gasteiger partial charge < -0.3 is 5.32 Å². The Hall–Kier alpha value is -0.340. The fraction of sp³-hybridized carbons (Fsp3) is 0.692. The van der Waals surface area contributed by atoms with Crippen molar-refractivity contribution in [3.8, 4) is 0 Å². The second-order valence-electron chi connectivity index (χ2n) is 4.37. The van der Waals surface area contributed by atoms with Crippen molar-refractivity contribution in [2.75, 3.05) is 13.1 Å². The maximum Gasteiger partial charge on any atom is 0.00870 e. The summed E-state index contributed by atoms with van der Waals surface area (Å²) in [6, 6.07) is 2.21. The molecule has 1 aromatic rings. The molecule has 1 nitrogen and oxygen atoms in total. The van der Waals surface area contributed by atoms with Crippen LogP contribution in [-0.2, 0) is 6.42 Å². The molecule has 0 aromatic carbocycles. The van der Waals surface area contributed by atoms with Gasteiger partial charge in [0.05, 0.1) is 0 Å². The normalized spacial score (nSPS) is 13.0. The molecule has 0 saturated carbocycles. The lowest BCUT2D eigenvalue weighted by atomic mass is 10.1. The summed E-state index contributed by atoms with van der Waals surface area (Å²) in [4.78, 5) is 1.53. The van der Waals surface area contributed by atoms with Gasteiger partial charge >= 0.3 is 0 Å². The molecule has 1 aromatic heterocycles. The lowest BCUT2D eigenvalue weighted by Crippen LogP contribution is -2.23. The average molecular weight is 225 g/mol. The summed E-state index contributed by atoms with van der Waals surface area (Å²) in [6.45, 7) is 9.07. The third-order valence-electron chi connectivity index (χ3n) is 2.77. The SMILES string of the molecule is CCCC(C)CNCCc1sccc1C. The lowest BCUT2D eigenvalue weighted by molar-refractivity contribution is 0.478. The predicted octanol–water partition coefficient (Wildman–Crippen LogP) is 3.62. The molecule has 86 valence electrons. The highest BCUT2D eigenvalue weighted by Crippen LogP contribution is 2.15. The van der Waals surface area contributed by atoms with E-state index in [1.54, 1.807) is 0 Å². The van der Waals surface area contributed by atoms with Gasteiger partial charge in [-0.05, 0) is 55.8 Å². The number of thiophene rings is 1. The van der Waals surface area contributed by atoms with E-state index in [0.29, 0.717) is 0 Å². The molecule has 0 radical (unpaired) electrons. The first kappa shape index (κ1) is 12.7. The Morgan fingerprint density at radius 3 is 2.87 bits per heavy atom. The molecule has 2 heteroatoms. The van der Waals surface area contributed by atoms with Crippen molar-refractivity contribution in [2.24, 2.45) is 5.92 Å². The Morgan fingerprint density at radius 1 is 1.47 bits per heavy atom. The van der Waals surface area contributed by atoms with Gasteiger partial charge in [0, 0.05) is 4.88 Å². The van der Waals surface area contributed by atoms with E-state index in [4.69, 9.17) is 0 Å². The summed E-state index contributed by atoms with van der Waals surface area (Å²) in [6.07, 6.45) is 3.82. The average Bonchev–Trinajstić information content (AvgIpc) is 2.60. The minimum Gasteiger partial charge on any atom is -0.316 e. The Bertz CT molecular complexity index is 267. The third kappa shape index (κ3) is 4.80. The molecule has 1 N–H and O–H groups in total. The summed E-state index contributed by atoms with van der Waals surface area (Å²) >= 11 is 1.88. The Labute approximate surface area is 97.9 Å². The maximum absolute atomic E-state index is 3.54. The van der Waals surface area contributed by atoms with Gasteiger partial charge in [-0.2, -0.15) is 0 Å². The monoisotopic (exact) mass is 225 g/mol. The van der Waals surface area contributed by atoms with Crippen molar-refractivity contribution in [3.05, 3.63) is 21.9 Å². The minimum atomic E-state index is 0.819. The summed E-state index contributed by atoms with van der Waals surface area (Å²) in [5.41, 5.74) is 1.45. The minimum absolute atomic E-state index is 0.819. The van der Waals surface area contributed by atoms with E-state index >= 15 is 0 Å². The fourth-order valence-corrected chi connectivity index (χ4v) is 2.72. The van der Waals surface area contributed by atoms with E-state index in [0.717, 1.165) is 19.0 Å². The van der Waals surface area contributed by atoms with Gasteiger partial charge in [0.25, 0.3) is 0 Å². The summed E-state index contributed by atoms with van der Waals surface area (Å²) in [5.74, 6) is 0.819. The van der Waals surface area contributed by atoms with E-state index < -0.39 is 0 Å². The number of aryl methyl sites for hydroxylation is 1. The van der Waals surface area contributed by atoms with Gasteiger partial charge in [0.15, 0.2) is 0 Å². The van der Waals surface area contributed by atoms with Crippen LogP contribution >= 0.6 is 11.3 Å². The Balaban J connectivity index is 2.09. The van der Waals surface area contributed by atoms with Crippen LogP contribution in [0, 0.1) is 12.8 Å².